The van der Waals surface area contributed by atoms with Crippen molar-refractivity contribution in [1.82, 2.24) is 5.32 Å². The van der Waals surface area contributed by atoms with E-state index in [1.54, 1.807) is 12.1 Å². The van der Waals surface area contributed by atoms with E-state index in [1.807, 2.05) is 30.3 Å². The highest BCUT2D eigenvalue weighted by Crippen LogP contribution is 2.30. The van der Waals surface area contributed by atoms with E-state index < -0.39 is 0 Å². The van der Waals surface area contributed by atoms with E-state index in [4.69, 9.17) is 4.74 Å². The third-order valence-electron chi connectivity index (χ3n) is 5.11. The highest BCUT2D eigenvalue weighted by molar-refractivity contribution is 5.88. The Labute approximate surface area is 176 Å². The average Bonchev–Trinajstić information content (AvgIpc) is 3.22. The first kappa shape index (κ1) is 19.7. The molecule has 4 rings (SSSR count). The molecule has 0 unspecified atom stereocenters. The summed E-state index contributed by atoms with van der Waals surface area (Å²) in [6.45, 7) is 2.71. The number of benzene rings is 3. The number of fused-ring (bicyclic) bond motifs is 1. The van der Waals surface area contributed by atoms with Crippen LogP contribution in [0.25, 0.3) is 11.1 Å². The first-order chi connectivity index (χ1) is 14.6. The van der Waals surface area contributed by atoms with Gasteiger partial charge in [-0.1, -0.05) is 42.5 Å². The van der Waals surface area contributed by atoms with Gasteiger partial charge in [-0.05, 0) is 52.1 Å². The van der Waals surface area contributed by atoms with Crippen LogP contribution in [0.1, 0.15) is 23.6 Å². The second-order valence-electron chi connectivity index (χ2n) is 7.45. The second kappa shape index (κ2) is 8.82. The molecule has 1 heterocycles. The van der Waals surface area contributed by atoms with Crippen LogP contribution in [0.2, 0.25) is 0 Å². The van der Waals surface area contributed by atoms with Gasteiger partial charge in [0.15, 0.2) is 0 Å². The molecule has 1 aliphatic heterocycles. The van der Waals surface area contributed by atoms with Crippen molar-refractivity contribution in [2.45, 2.75) is 26.3 Å². The van der Waals surface area contributed by atoms with Crippen molar-refractivity contribution < 1.29 is 14.3 Å². The van der Waals surface area contributed by atoms with Crippen LogP contribution in [-0.4, -0.2) is 18.4 Å². The standard InChI is InChI=1S/C25H24N2O3/c1-17(28)27-23-9-4-18(5-10-23)14-25(29)26-16-19-2-6-20(7-3-19)21-8-11-24-22(15-21)12-13-30-24/h2-11,15H,12-14,16H2,1H3,(H,26,29)(H,27,28). The molecule has 1 aliphatic rings. The van der Waals surface area contributed by atoms with Crippen molar-refractivity contribution in [1.29, 1.82) is 0 Å². The summed E-state index contributed by atoms with van der Waals surface area (Å²) in [5, 5.41) is 5.68. The van der Waals surface area contributed by atoms with Gasteiger partial charge >= 0.3 is 0 Å². The number of carbonyl (C=O) groups excluding carboxylic acids is 2. The molecular weight excluding hydrogens is 376 g/mol. The van der Waals surface area contributed by atoms with E-state index in [0.717, 1.165) is 41.2 Å². The van der Waals surface area contributed by atoms with Crippen molar-refractivity contribution in [3.05, 3.63) is 83.4 Å². The Hall–Kier alpha value is -3.60. The molecule has 5 nitrogen and oxygen atoms in total. The maximum absolute atomic E-state index is 12.3. The molecule has 3 aromatic carbocycles. The highest BCUT2D eigenvalue weighted by atomic mass is 16.5. The second-order valence-corrected chi connectivity index (χ2v) is 7.45. The average molecular weight is 400 g/mol. The van der Waals surface area contributed by atoms with E-state index in [2.05, 4.69) is 34.9 Å². The van der Waals surface area contributed by atoms with Gasteiger partial charge in [0, 0.05) is 25.6 Å². The molecule has 30 heavy (non-hydrogen) atoms. The Balaban J connectivity index is 1.30. The monoisotopic (exact) mass is 400 g/mol. The Morgan fingerprint density at radius 1 is 0.900 bits per heavy atom. The van der Waals surface area contributed by atoms with Gasteiger partial charge in [0.1, 0.15) is 5.75 Å². The quantitative estimate of drug-likeness (QED) is 0.654. The lowest BCUT2D eigenvalue weighted by Gasteiger charge is -2.08. The fraction of sp³-hybridized carbons (Fsp3) is 0.200. The maximum Gasteiger partial charge on any atom is 0.224 e. The van der Waals surface area contributed by atoms with E-state index in [1.165, 1.54) is 18.1 Å². The number of amides is 2. The molecule has 0 saturated heterocycles. The fourth-order valence-electron chi connectivity index (χ4n) is 3.54. The number of carbonyl (C=O) groups is 2. The highest BCUT2D eigenvalue weighted by Gasteiger charge is 2.12. The van der Waals surface area contributed by atoms with Gasteiger partial charge in [-0.25, -0.2) is 0 Å². The SMILES string of the molecule is CC(=O)Nc1ccc(CC(=O)NCc2ccc(-c3ccc4c(c3)CCO4)cc2)cc1. The molecule has 0 radical (unpaired) electrons. The molecule has 0 saturated carbocycles. The van der Waals surface area contributed by atoms with Crippen LogP contribution in [-0.2, 0) is 29.0 Å². The normalized spacial score (nSPS) is 12.0. The van der Waals surface area contributed by atoms with Gasteiger partial charge in [0.05, 0.1) is 13.0 Å². The number of ether oxygens (including phenoxy) is 1. The molecule has 0 aromatic heterocycles. The summed E-state index contributed by atoms with van der Waals surface area (Å²) in [5.41, 5.74) is 6.27. The smallest absolute Gasteiger partial charge is 0.224 e. The zero-order valence-electron chi connectivity index (χ0n) is 16.9. The van der Waals surface area contributed by atoms with Gasteiger partial charge in [0.2, 0.25) is 11.8 Å². The molecule has 0 atom stereocenters. The lowest BCUT2D eigenvalue weighted by atomic mass is 10.0. The molecule has 0 fully saturated rings. The number of hydrogen-bond acceptors (Lipinski definition) is 3. The minimum atomic E-state index is -0.114. The Morgan fingerprint density at radius 2 is 1.60 bits per heavy atom. The predicted molar refractivity (Wildman–Crippen MR) is 117 cm³/mol. The Bertz CT molecular complexity index is 1060. The van der Waals surface area contributed by atoms with Crippen molar-refractivity contribution in [2.24, 2.45) is 0 Å². The maximum atomic E-state index is 12.3. The van der Waals surface area contributed by atoms with Crippen molar-refractivity contribution >= 4 is 17.5 Å². The van der Waals surface area contributed by atoms with Crippen LogP contribution in [0.3, 0.4) is 0 Å². The molecule has 3 aromatic rings. The van der Waals surface area contributed by atoms with Crippen molar-refractivity contribution in [3.8, 4) is 16.9 Å². The van der Waals surface area contributed by atoms with E-state index in [-0.39, 0.29) is 11.8 Å². The summed E-state index contributed by atoms with van der Waals surface area (Å²) in [4.78, 5) is 23.3. The summed E-state index contributed by atoms with van der Waals surface area (Å²) < 4.78 is 5.57. The van der Waals surface area contributed by atoms with Gasteiger partial charge in [-0.15, -0.1) is 0 Å². The van der Waals surface area contributed by atoms with E-state index in [9.17, 15) is 9.59 Å². The minimum absolute atomic E-state index is 0.0371. The van der Waals surface area contributed by atoms with Gasteiger partial charge in [0.25, 0.3) is 0 Å². The van der Waals surface area contributed by atoms with Crippen molar-refractivity contribution in [3.63, 3.8) is 0 Å². The molecule has 152 valence electrons. The summed E-state index contributed by atoms with van der Waals surface area (Å²) >= 11 is 0. The predicted octanol–water partition coefficient (Wildman–Crippen LogP) is 4.11. The van der Waals surface area contributed by atoms with Gasteiger partial charge < -0.3 is 15.4 Å². The van der Waals surface area contributed by atoms with Crippen LogP contribution in [0.15, 0.2) is 66.7 Å². The molecule has 0 bridgehead atoms. The van der Waals surface area contributed by atoms with Crippen LogP contribution in [0, 0.1) is 0 Å². The van der Waals surface area contributed by atoms with Crippen LogP contribution in [0.5, 0.6) is 5.75 Å². The molecule has 5 heteroatoms. The topological polar surface area (TPSA) is 67.4 Å². The zero-order chi connectivity index (χ0) is 20.9. The first-order valence-electron chi connectivity index (χ1n) is 10.0. The van der Waals surface area contributed by atoms with Gasteiger partial charge in [-0.3, -0.25) is 9.59 Å². The number of nitrogens with one attached hydrogen (secondary N) is 2. The zero-order valence-corrected chi connectivity index (χ0v) is 16.9. The Kier molecular flexibility index (Phi) is 5.80. The summed E-state index contributed by atoms with van der Waals surface area (Å²) in [5.74, 6) is 0.838. The van der Waals surface area contributed by atoms with Crippen LogP contribution >= 0.6 is 0 Å². The van der Waals surface area contributed by atoms with Crippen LogP contribution in [0.4, 0.5) is 5.69 Å². The largest absolute Gasteiger partial charge is 0.493 e. The number of hydrogen-bond donors (Lipinski definition) is 2. The summed E-state index contributed by atoms with van der Waals surface area (Å²) in [6.07, 6.45) is 1.26. The molecule has 0 spiro atoms. The minimum Gasteiger partial charge on any atom is -0.493 e. The molecule has 2 amide bonds. The molecule has 2 N–H and O–H groups in total. The lowest BCUT2D eigenvalue weighted by molar-refractivity contribution is -0.120. The Morgan fingerprint density at radius 3 is 2.33 bits per heavy atom. The van der Waals surface area contributed by atoms with Crippen molar-refractivity contribution in [2.75, 3.05) is 11.9 Å². The molecular formula is C25H24N2O3. The summed E-state index contributed by atoms with van der Waals surface area (Å²) in [6, 6.07) is 21.9. The fourth-order valence-corrected chi connectivity index (χ4v) is 3.54. The first-order valence-corrected chi connectivity index (χ1v) is 10.0. The summed E-state index contributed by atoms with van der Waals surface area (Å²) in [7, 11) is 0. The lowest BCUT2D eigenvalue weighted by Crippen LogP contribution is -2.24. The van der Waals surface area contributed by atoms with E-state index >= 15 is 0 Å². The van der Waals surface area contributed by atoms with E-state index in [0.29, 0.717) is 13.0 Å². The third-order valence-corrected chi connectivity index (χ3v) is 5.11. The third kappa shape index (κ3) is 4.87. The number of rotatable bonds is 6. The molecule has 0 aliphatic carbocycles. The van der Waals surface area contributed by atoms with Gasteiger partial charge in [-0.2, -0.15) is 0 Å². The number of anilines is 1. The van der Waals surface area contributed by atoms with Crippen LogP contribution < -0.4 is 15.4 Å².